The normalized spacial score (nSPS) is 18.2. The number of carbonyl (C=O) groups is 2. The van der Waals surface area contributed by atoms with Crippen molar-refractivity contribution < 1.29 is 9.59 Å². The number of nitrogens with two attached hydrogens (primary N) is 1. The quantitative estimate of drug-likeness (QED) is 0.696. The predicted octanol–water partition coefficient (Wildman–Crippen LogP) is 2.11. The average molecular weight is 309 g/mol. The zero-order valence-corrected chi connectivity index (χ0v) is 12.9. The van der Waals surface area contributed by atoms with Crippen molar-refractivity contribution in [2.45, 2.75) is 12.8 Å². The summed E-state index contributed by atoms with van der Waals surface area (Å²) in [6.07, 6.45) is 2.40. The Kier molecular flexibility index (Phi) is 3.31. The van der Waals surface area contributed by atoms with Gasteiger partial charge in [-0.05, 0) is 44.1 Å². The number of nitrogen functional groups attached to an aromatic ring is 1. The molecule has 0 saturated carbocycles. The largest absolute Gasteiger partial charge is 0.398 e. The molecule has 2 aromatic rings. The van der Waals surface area contributed by atoms with Gasteiger partial charge in [0.05, 0.1) is 0 Å². The fourth-order valence-electron chi connectivity index (χ4n) is 3.62. The molecule has 2 heterocycles. The van der Waals surface area contributed by atoms with Gasteiger partial charge >= 0.3 is 0 Å². The molecule has 2 N–H and O–H groups in total. The van der Waals surface area contributed by atoms with Crippen LogP contribution in [0, 0.1) is 0 Å². The highest BCUT2D eigenvalue weighted by molar-refractivity contribution is 6.26. The van der Waals surface area contributed by atoms with E-state index in [1.165, 1.54) is 17.7 Å². The lowest BCUT2D eigenvalue weighted by atomic mass is 9.93. The summed E-state index contributed by atoms with van der Waals surface area (Å²) in [4.78, 5) is 29.2. The number of nitrogens with zero attached hydrogens (tertiary/aromatic N) is 2. The minimum absolute atomic E-state index is 0.210. The number of hydrogen-bond acceptors (Lipinski definition) is 4. The molecule has 0 aliphatic carbocycles. The van der Waals surface area contributed by atoms with Gasteiger partial charge in [0.25, 0.3) is 11.8 Å². The SMILES string of the molecule is Nc1ccc2c3c(cccc13)C(=O)N(CCN1CCCC1)C2=O. The van der Waals surface area contributed by atoms with Crippen molar-refractivity contribution >= 4 is 28.3 Å². The molecule has 0 radical (unpaired) electrons. The second kappa shape index (κ2) is 5.35. The van der Waals surface area contributed by atoms with Gasteiger partial charge in [-0.15, -0.1) is 0 Å². The topological polar surface area (TPSA) is 66.6 Å². The predicted molar refractivity (Wildman–Crippen MR) is 89.4 cm³/mol. The second-order valence-electron chi connectivity index (χ2n) is 6.24. The van der Waals surface area contributed by atoms with Crippen molar-refractivity contribution in [1.29, 1.82) is 0 Å². The molecule has 0 spiro atoms. The summed E-state index contributed by atoms with van der Waals surface area (Å²) in [6.45, 7) is 3.30. The maximum atomic E-state index is 12.8. The van der Waals surface area contributed by atoms with Crippen molar-refractivity contribution in [3.63, 3.8) is 0 Å². The maximum absolute atomic E-state index is 12.8. The van der Waals surface area contributed by atoms with Crippen LogP contribution in [0.2, 0.25) is 0 Å². The smallest absolute Gasteiger partial charge is 0.261 e. The summed E-state index contributed by atoms with van der Waals surface area (Å²) in [7, 11) is 0. The Labute approximate surface area is 134 Å². The van der Waals surface area contributed by atoms with E-state index in [1.807, 2.05) is 12.1 Å². The molecule has 5 heteroatoms. The van der Waals surface area contributed by atoms with Crippen LogP contribution in [0.1, 0.15) is 33.6 Å². The first-order chi connectivity index (χ1) is 11.2. The fraction of sp³-hybridized carbons (Fsp3) is 0.333. The Hall–Kier alpha value is -2.40. The van der Waals surface area contributed by atoms with E-state index in [0.29, 0.717) is 28.7 Å². The monoisotopic (exact) mass is 309 g/mol. The van der Waals surface area contributed by atoms with E-state index in [1.54, 1.807) is 18.2 Å². The van der Waals surface area contributed by atoms with Crippen LogP contribution < -0.4 is 5.73 Å². The molecule has 0 bridgehead atoms. The minimum atomic E-state index is -0.210. The highest BCUT2D eigenvalue weighted by Gasteiger charge is 2.33. The van der Waals surface area contributed by atoms with Crippen LogP contribution in [0.3, 0.4) is 0 Å². The van der Waals surface area contributed by atoms with E-state index in [4.69, 9.17) is 5.73 Å². The lowest BCUT2D eigenvalue weighted by Gasteiger charge is -2.29. The van der Waals surface area contributed by atoms with Gasteiger partial charge in [0.15, 0.2) is 0 Å². The van der Waals surface area contributed by atoms with Crippen molar-refractivity contribution in [3.8, 4) is 0 Å². The Balaban J connectivity index is 1.72. The summed E-state index contributed by atoms with van der Waals surface area (Å²) in [6, 6.07) is 8.94. The van der Waals surface area contributed by atoms with Gasteiger partial charge in [0.1, 0.15) is 0 Å². The number of anilines is 1. The number of rotatable bonds is 3. The molecule has 0 aromatic heterocycles. The van der Waals surface area contributed by atoms with Gasteiger partial charge in [-0.1, -0.05) is 12.1 Å². The van der Waals surface area contributed by atoms with Gasteiger partial charge in [0.2, 0.25) is 0 Å². The maximum Gasteiger partial charge on any atom is 0.261 e. The van der Waals surface area contributed by atoms with Crippen LogP contribution in [0.15, 0.2) is 30.3 Å². The average Bonchev–Trinajstić information content (AvgIpc) is 3.07. The molecule has 0 unspecified atom stereocenters. The third kappa shape index (κ3) is 2.19. The van der Waals surface area contributed by atoms with E-state index < -0.39 is 0 Å². The first-order valence-electron chi connectivity index (χ1n) is 8.06. The van der Waals surface area contributed by atoms with E-state index >= 15 is 0 Å². The molecule has 5 nitrogen and oxygen atoms in total. The standard InChI is InChI=1S/C18H19N3O2/c19-15-7-6-14-16-12(15)4-3-5-13(16)17(22)21(18(14)23)11-10-20-8-1-2-9-20/h3-7H,1-2,8-11,19H2. The van der Waals surface area contributed by atoms with Gasteiger partial charge in [-0.3, -0.25) is 14.5 Å². The first kappa shape index (κ1) is 14.2. The Morgan fingerprint density at radius 1 is 0.913 bits per heavy atom. The Morgan fingerprint density at radius 2 is 1.61 bits per heavy atom. The van der Waals surface area contributed by atoms with Crippen LogP contribution in [0.5, 0.6) is 0 Å². The molecular weight excluding hydrogens is 290 g/mol. The second-order valence-corrected chi connectivity index (χ2v) is 6.24. The van der Waals surface area contributed by atoms with E-state index in [0.717, 1.165) is 25.0 Å². The third-order valence-corrected chi connectivity index (χ3v) is 4.86. The van der Waals surface area contributed by atoms with Crippen LogP contribution >= 0.6 is 0 Å². The Bertz CT molecular complexity index is 787. The van der Waals surface area contributed by atoms with E-state index in [-0.39, 0.29) is 11.8 Å². The van der Waals surface area contributed by atoms with Crippen LogP contribution in [-0.2, 0) is 0 Å². The summed E-state index contributed by atoms with van der Waals surface area (Å²) in [5, 5.41) is 1.47. The van der Waals surface area contributed by atoms with Crippen LogP contribution in [0.25, 0.3) is 10.8 Å². The number of likely N-dealkylation sites (tertiary alicyclic amines) is 1. The zero-order chi connectivity index (χ0) is 16.0. The molecule has 1 fully saturated rings. The summed E-state index contributed by atoms with van der Waals surface area (Å²) >= 11 is 0. The molecule has 0 atom stereocenters. The molecule has 2 aliphatic rings. The van der Waals surface area contributed by atoms with Gasteiger partial charge in [0, 0.05) is 40.7 Å². The van der Waals surface area contributed by atoms with Crippen molar-refractivity contribution in [1.82, 2.24) is 9.80 Å². The summed E-state index contributed by atoms with van der Waals surface area (Å²) < 4.78 is 0. The summed E-state index contributed by atoms with van der Waals surface area (Å²) in [5.74, 6) is -0.421. The van der Waals surface area contributed by atoms with Crippen molar-refractivity contribution in [2.24, 2.45) is 0 Å². The number of benzene rings is 2. The molecule has 23 heavy (non-hydrogen) atoms. The number of carbonyl (C=O) groups excluding carboxylic acids is 2. The number of amides is 2. The lowest BCUT2D eigenvalue weighted by Crippen LogP contribution is -2.44. The highest BCUT2D eigenvalue weighted by atomic mass is 16.2. The zero-order valence-electron chi connectivity index (χ0n) is 12.9. The molecule has 118 valence electrons. The van der Waals surface area contributed by atoms with Crippen LogP contribution in [-0.4, -0.2) is 47.8 Å². The van der Waals surface area contributed by atoms with Crippen molar-refractivity contribution in [3.05, 3.63) is 41.5 Å². The van der Waals surface area contributed by atoms with E-state index in [2.05, 4.69) is 4.90 Å². The fourth-order valence-corrected chi connectivity index (χ4v) is 3.62. The molecule has 2 aromatic carbocycles. The van der Waals surface area contributed by atoms with Gasteiger partial charge in [-0.25, -0.2) is 0 Å². The van der Waals surface area contributed by atoms with E-state index in [9.17, 15) is 9.59 Å². The first-order valence-corrected chi connectivity index (χ1v) is 8.06. The van der Waals surface area contributed by atoms with Gasteiger partial charge in [-0.2, -0.15) is 0 Å². The lowest BCUT2D eigenvalue weighted by molar-refractivity contribution is 0.0597. The van der Waals surface area contributed by atoms with Crippen LogP contribution in [0.4, 0.5) is 5.69 Å². The molecule has 4 rings (SSSR count). The van der Waals surface area contributed by atoms with Gasteiger partial charge < -0.3 is 10.6 Å². The number of hydrogen-bond donors (Lipinski definition) is 1. The van der Waals surface area contributed by atoms with Crippen molar-refractivity contribution in [2.75, 3.05) is 31.9 Å². The molecule has 2 amide bonds. The minimum Gasteiger partial charge on any atom is -0.398 e. The highest BCUT2D eigenvalue weighted by Crippen LogP contribution is 2.33. The number of imide groups is 1. The Morgan fingerprint density at radius 3 is 2.35 bits per heavy atom. The summed E-state index contributed by atoms with van der Waals surface area (Å²) in [5.41, 5.74) is 7.74. The molecular formula is C18H19N3O2. The molecule has 1 saturated heterocycles. The third-order valence-electron chi connectivity index (χ3n) is 4.86. The molecule has 2 aliphatic heterocycles.